The zero-order valence-corrected chi connectivity index (χ0v) is 12.2. The lowest BCUT2D eigenvalue weighted by Crippen LogP contribution is -2.30. The Morgan fingerprint density at radius 2 is 2.30 bits per heavy atom. The highest BCUT2D eigenvalue weighted by Crippen LogP contribution is 2.42. The molecule has 1 aliphatic rings. The summed E-state index contributed by atoms with van der Waals surface area (Å²) >= 11 is 3.44. The van der Waals surface area contributed by atoms with Crippen LogP contribution in [-0.4, -0.2) is 16.1 Å². The van der Waals surface area contributed by atoms with Gasteiger partial charge >= 0.3 is 0 Å². The lowest BCUT2D eigenvalue weighted by Gasteiger charge is -2.27. The van der Waals surface area contributed by atoms with Crippen molar-refractivity contribution in [2.45, 2.75) is 12.8 Å². The summed E-state index contributed by atoms with van der Waals surface area (Å²) in [7, 11) is 0. The molecule has 0 fully saturated rings. The summed E-state index contributed by atoms with van der Waals surface area (Å²) in [4.78, 5) is 0. The first kappa shape index (κ1) is 12.9. The molecular formula is C14H11BrN4O. The predicted molar refractivity (Wildman–Crippen MR) is 76.8 cm³/mol. The molecule has 0 aliphatic carbocycles. The average Bonchev–Trinajstić information content (AvgIpc) is 2.78. The molecule has 1 aliphatic heterocycles. The van der Waals surface area contributed by atoms with E-state index in [0.717, 1.165) is 21.3 Å². The molecular weight excluding hydrogens is 320 g/mol. The number of aryl methyl sites for hydroxylation is 1. The van der Waals surface area contributed by atoms with E-state index in [-0.39, 0.29) is 11.8 Å². The molecule has 2 atom stereocenters. The van der Waals surface area contributed by atoms with Crippen LogP contribution in [0.15, 0.2) is 28.7 Å². The van der Waals surface area contributed by atoms with Crippen molar-refractivity contribution in [3.8, 4) is 11.9 Å². The molecule has 5 nitrogen and oxygen atoms in total. The number of ether oxygens (including phenoxy) is 1. The summed E-state index contributed by atoms with van der Waals surface area (Å²) in [6.45, 7) is 1.89. The molecule has 2 N–H and O–H groups in total. The molecule has 0 saturated carbocycles. The van der Waals surface area contributed by atoms with E-state index in [2.05, 4.69) is 32.2 Å². The molecule has 2 aromatic rings. The van der Waals surface area contributed by atoms with Crippen LogP contribution >= 0.6 is 15.9 Å². The number of aromatic amines is 1. The normalized spacial score (nSPS) is 20.9. The fourth-order valence-corrected chi connectivity index (χ4v) is 2.95. The number of H-pyrrole nitrogens is 1. The van der Waals surface area contributed by atoms with Gasteiger partial charge in [0.1, 0.15) is 5.92 Å². The number of hydrogen-bond acceptors (Lipinski definition) is 4. The smallest absolute Gasteiger partial charge is 0.243 e. The van der Waals surface area contributed by atoms with Gasteiger partial charge in [-0.2, -0.15) is 5.26 Å². The van der Waals surface area contributed by atoms with Gasteiger partial charge < -0.3 is 4.74 Å². The zero-order valence-electron chi connectivity index (χ0n) is 10.6. The number of hydrogen-bond donors (Lipinski definition) is 2. The van der Waals surface area contributed by atoms with Crippen molar-refractivity contribution >= 4 is 21.8 Å². The summed E-state index contributed by atoms with van der Waals surface area (Å²) in [5, 5.41) is 24.2. The monoisotopic (exact) mass is 330 g/mol. The summed E-state index contributed by atoms with van der Waals surface area (Å²) in [6.07, 6.45) is 0. The Morgan fingerprint density at radius 3 is 3.00 bits per heavy atom. The first-order valence-electron chi connectivity index (χ1n) is 6.08. The summed E-state index contributed by atoms with van der Waals surface area (Å²) in [5.74, 6) is -0.555. The van der Waals surface area contributed by atoms with Gasteiger partial charge in [-0.15, -0.1) is 5.10 Å². The number of nitriles is 1. The maximum absolute atomic E-state index is 9.40. The molecule has 0 spiro atoms. The Labute approximate surface area is 124 Å². The van der Waals surface area contributed by atoms with Crippen molar-refractivity contribution in [2.24, 2.45) is 5.92 Å². The highest BCUT2D eigenvalue weighted by atomic mass is 79.9. The number of nitrogens with zero attached hydrogens (tertiary/aromatic N) is 2. The Kier molecular flexibility index (Phi) is 3.07. The summed E-state index contributed by atoms with van der Waals surface area (Å²) in [5.41, 5.74) is 2.67. The van der Waals surface area contributed by atoms with Crippen LogP contribution in [0.3, 0.4) is 0 Å². The van der Waals surface area contributed by atoms with E-state index in [1.165, 1.54) is 0 Å². The molecule has 0 bridgehead atoms. The molecule has 6 heteroatoms. The number of halogens is 1. The highest BCUT2D eigenvalue weighted by Gasteiger charge is 2.39. The van der Waals surface area contributed by atoms with Crippen molar-refractivity contribution < 1.29 is 4.74 Å². The maximum atomic E-state index is 9.40. The van der Waals surface area contributed by atoms with Crippen LogP contribution in [0.1, 0.15) is 22.7 Å². The van der Waals surface area contributed by atoms with Crippen LogP contribution in [-0.2, 0) is 0 Å². The zero-order chi connectivity index (χ0) is 14.3. The van der Waals surface area contributed by atoms with Crippen LogP contribution in [0.4, 0.5) is 0 Å². The first-order chi connectivity index (χ1) is 9.61. The quantitative estimate of drug-likeness (QED) is 0.842. The van der Waals surface area contributed by atoms with Crippen LogP contribution < -0.4 is 4.74 Å². The standard InChI is InChI=1S/C14H11BrN4O/c1-7-11-12(8-3-2-4-9(15)5-8)10(6-16)13(17)20-14(11)19-18-7/h2-5,10,12,17H,1H3,(H,18,19). The fourth-order valence-electron chi connectivity index (χ4n) is 2.54. The van der Waals surface area contributed by atoms with Gasteiger partial charge in [-0.3, -0.25) is 10.5 Å². The highest BCUT2D eigenvalue weighted by molar-refractivity contribution is 9.10. The number of fused-ring (bicyclic) bond motifs is 1. The Morgan fingerprint density at radius 1 is 1.50 bits per heavy atom. The van der Waals surface area contributed by atoms with Gasteiger partial charge in [0.05, 0.1) is 6.07 Å². The molecule has 3 rings (SSSR count). The molecule has 1 aromatic carbocycles. The number of aromatic nitrogens is 2. The van der Waals surface area contributed by atoms with E-state index >= 15 is 0 Å². The minimum Gasteiger partial charge on any atom is -0.422 e. The van der Waals surface area contributed by atoms with E-state index in [1.54, 1.807) is 0 Å². The van der Waals surface area contributed by atoms with Gasteiger partial charge in [-0.25, -0.2) is 0 Å². The third-order valence-electron chi connectivity index (χ3n) is 3.44. The third kappa shape index (κ3) is 1.91. The Hall–Kier alpha value is -2.13. The maximum Gasteiger partial charge on any atom is 0.243 e. The third-order valence-corrected chi connectivity index (χ3v) is 3.93. The largest absolute Gasteiger partial charge is 0.422 e. The van der Waals surface area contributed by atoms with Crippen molar-refractivity contribution in [3.05, 3.63) is 45.6 Å². The van der Waals surface area contributed by atoms with Gasteiger partial charge in [0.2, 0.25) is 11.8 Å². The minimum atomic E-state index is -0.645. The SMILES string of the molecule is Cc1[nH]nc2c1C(c1cccc(Br)c1)C(C#N)C(=N)O2. The second-order valence-electron chi connectivity index (χ2n) is 4.67. The Bertz CT molecular complexity index is 731. The van der Waals surface area contributed by atoms with E-state index in [9.17, 15) is 5.26 Å². The van der Waals surface area contributed by atoms with Crippen LogP contribution in [0, 0.1) is 29.6 Å². The van der Waals surface area contributed by atoms with Crippen molar-refractivity contribution in [2.75, 3.05) is 0 Å². The fraction of sp³-hybridized carbons (Fsp3) is 0.214. The van der Waals surface area contributed by atoms with E-state index in [1.807, 2.05) is 31.2 Å². The molecule has 2 unspecified atom stereocenters. The lowest BCUT2D eigenvalue weighted by molar-refractivity contribution is 0.436. The molecule has 2 heterocycles. The first-order valence-corrected chi connectivity index (χ1v) is 6.87. The number of benzene rings is 1. The summed E-state index contributed by atoms with van der Waals surface area (Å²) in [6, 6.07) is 9.94. The minimum absolute atomic E-state index is 0.0588. The molecule has 20 heavy (non-hydrogen) atoms. The molecule has 0 radical (unpaired) electrons. The van der Waals surface area contributed by atoms with Gasteiger partial charge in [0.15, 0.2) is 0 Å². The second-order valence-corrected chi connectivity index (χ2v) is 5.59. The van der Waals surface area contributed by atoms with Gasteiger partial charge in [0, 0.05) is 21.6 Å². The van der Waals surface area contributed by atoms with Crippen molar-refractivity contribution in [3.63, 3.8) is 0 Å². The van der Waals surface area contributed by atoms with Crippen LogP contribution in [0.25, 0.3) is 0 Å². The van der Waals surface area contributed by atoms with Crippen molar-refractivity contribution in [1.29, 1.82) is 10.7 Å². The second kappa shape index (κ2) is 4.76. The lowest BCUT2D eigenvalue weighted by atomic mass is 9.80. The Balaban J connectivity index is 2.22. The molecule has 100 valence electrons. The van der Waals surface area contributed by atoms with E-state index in [0.29, 0.717) is 5.88 Å². The van der Waals surface area contributed by atoms with Crippen LogP contribution in [0.5, 0.6) is 5.88 Å². The number of nitrogens with one attached hydrogen (secondary N) is 2. The van der Waals surface area contributed by atoms with Crippen molar-refractivity contribution in [1.82, 2.24) is 10.2 Å². The van der Waals surface area contributed by atoms with Gasteiger partial charge in [-0.05, 0) is 24.6 Å². The van der Waals surface area contributed by atoms with Gasteiger partial charge in [0.25, 0.3) is 0 Å². The topological polar surface area (TPSA) is 85.5 Å². The molecule has 0 saturated heterocycles. The summed E-state index contributed by atoms with van der Waals surface area (Å²) < 4.78 is 6.28. The molecule has 1 aromatic heterocycles. The average molecular weight is 331 g/mol. The van der Waals surface area contributed by atoms with E-state index in [4.69, 9.17) is 10.1 Å². The van der Waals surface area contributed by atoms with E-state index < -0.39 is 5.92 Å². The molecule has 0 amide bonds. The number of rotatable bonds is 1. The predicted octanol–water partition coefficient (Wildman–Crippen LogP) is 3.12. The van der Waals surface area contributed by atoms with Crippen LogP contribution in [0.2, 0.25) is 0 Å². The van der Waals surface area contributed by atoms with Gasteiger partial charge in [-0.1, -0.05) is 28.1 Å².